The number of fused-ring (bicyclic) bond motifs is 1. The van der Waals surface area contributed by atoms with Gasteiger partial charge in [-0.05, 0) is 55.9 Å². The lowest BCUT2D eigenvalue weighted by molar-refractivity contribution is -0.0231. The van der Waals surface area contributed by atoms with Crippen LogP contribution in [-0.4, -0.2) is 58.6 Å². The maximum Gasteiger partial charge on any atom is 0.337 e. The normalized spacial score (nSPS) is 27.4. The molecule has 1 aliphatic carbocycles. The van der Waals surface area contributed by atoms with Crippen molar-refractivity contribution >= 4 is 17.3 Å². The van der Waals surface area contributed by atoms with E-state index in [0.717, 1.165) is 42.5 Å². The smallest absolute Gasteiger partial charge is 0.337 e. The first-order valence-electron chi connectivity index (χ1n) is 9.56. The number of aryl methyl sites for hydroxylation is 1. The summed E-state index contributed by atoms with van der Waals surface area (Å²) in [6, 6.07) is 6.87. The molecule has 7 nitrogen and oxygen atoms in total. The van der Waals surface area contributed by atoms with Crippen LogP contribution in [0, 0.1) is 18.8 Å². The summed E-state index contributed by atoms with van der Waals surface area (Å²) in [5.74, 6) is 1.29. The van der Waals surface area contributed by atoms with Crippen molar-refractivity contribution in [2.45, 2.75) is 38.5 Å². The zero-order valence-corrected chi connectivity index (χ0v) is 16.9. The highest BCUT2D eigenvalue weighted by Crippen LogP contribution is 2.38. The molecule has 0 unspecified atom stereocenters. The van der Waals surface area contributed by atoms with E-state index in [1.54, 1.807) is 35.6 Å². The van der Waals surface area contributed by atoms with Gasteiger partial charge in [0.15, 0.2) is 0 Å². The Kier molecular flexibility index (Phi) is 5.61. The van der Waals surface area contributed by atoms with Gasteiger partial charge in [-0.25, -0.2) is 4.79 Å². The summed E-state index contributed by atoms with van der Waals surface area (Å²) >= 11 is 1.64. The Bertz CT molecular complexity index is 825. The first-order chi connectivity index (χ1) is 13.5. The Labute approximate surface area is 168 Å². The molecule has 0 amide bonds. The topological polar surface area (TPSA) is 84.8 Å². The molecule has 4 atom stereocenters. The van der Waals surface area contributed by atoms with Gasteiger partial charge in [-0.3, -0.25) is 4.90 Å². The molecule has 2 fully saturated rings. The first kappa shape index (κ1) is 19.3. The van der Waals surface area contributed by atoms with Crippen LogP contribution in [0.3, 0.4) is 0 Å². The van der Waals surface area contributed by atoms with E-state index in [1.807, 2.05) is 6.92 Å². The molecule has 1 saturated carbocycles. The van der Waals surface area contributed by atoms with Crippen LogP contribution in [0.5, 0.6) is 5.75 Å². The highest BCUT2D eigenvalue weighted by atomic mass is 32.1. The Morgan fingerprint density at radius 2 is 1.93 bits per heavy atom. The van der Waals surface area contributed by atoms with Crippen molar-refractivity contribution in [2.75, 3.05) is 20.2 Å². The van der Waals surface area contributed by atoms with Crippen LogP contribution in [-0.2, 0) is 11.3 Å². The number of likely N-dealkylation sites (tertiary alicyclic amines) is 1. The molecule has 1 N–H and O–H groups in total. The number of aromatic nitrogens is 2. The molecule has 2 aliphatic rings. The van der Waals surface area contributed by atoms with Gasteiger partial charge in [-0.15, -0.1) is 21.5 Å². The zero-order valence-electron chi connectivity index (χ0n) is 16.1. The summed E-state index contributed by atoms with van der Waals surface area (Å²) in [5.41, 5.74) is 0.484. The van der Waals surface area contributed by atoms with Crippen molar-refractivity contribution in [3.63, 3.8) is 0 Å². The minimum absolute atomic E-state index is 0.228. The van der Waals surface area contributed by atoms with Crippen molar-refractivity contribution in [2.24, 2.45) is 11.8 Å². The SMILES string of the molecule is COC(=O)c1ccc(O[C@@H]2C[C@@H]3CN(Cc4nnc(C)s4)C[C@@H]3C[C@H]2O)cc1. The number of benzene rings is 1. The fraction of sp³-hybridized carbons (Fsp3) is 0.550. The lowest BCUT2D eigenvalue weighted by atomic mass is 9.78. The number of methoxy groups -OCH3 is 1. The molecule has 28 heavy (non-hydrogen) atoms. The van der Waals surface area contributed by atoms with E-state index in [0.29, 0.717) is 23.1 Å². The minimum Gasteiger partial charge on any atom is -0.488 e. The van der Waals surface area contributed by atoms with Gasteiger partial charge in [0.25, 0.3) is 0 Å². The fourth-order valence-corrected chi connectivity index (χ4v) is 5.05. The van der Waals surface area contributed by atoms with Crippen molar-refractivity contribution in [3.05, 3.63) is 39.8 Å². The number of esters is 1. The highest BCUT2D eigenvalue weighted by Gasteiger charge is 2.42. The molecule has 1 aromatic heterocycles. The molecule has 1 saturated heterocycles. The first-order valence-corrected chi connectivity index (χ1v) is 10.4. The largest absolute Gasteiger partial charge is 0.488 e. The number of aliphatic hydroxyl groups is 1. The molecule has 1 aromatic carbocycles. The number of ether oxygens (including phenoxy) is 2. The average molecular weight is 404 g/mol. The second-order valence-electron chi connectivity index (χ2n) is 7.64. The summed E-state index contributed by atoms with van der Waals surface area (Å²) in [6.07, 6.45) is 0.872. The predicted molar refractivity (Wildman–Crippen MR) is 104 cm³/mol. The summed E-state index contributed by atoms with van der Waals surface area (Å²) < 4.78 is 10.8. The van der Waals surface area contributed by atoms with E-state index >= 15 is 0 Å². The Morgan fingerprint density at radius 1 is 1.21 bits per heavy atom. The Morgan fingerprint density at radius 3 is 2.57 bits per heavy atom. The average Bonchev–Trinajstić information content (AvgIpc) is 3.27. The lowest BCUT2D eigenvalue weighted by Gasteiger charge is -2.35. The van der Waals surface area contributed by atoms with E-state index in [2.05, 4.69) is 15.1 Å². The Hall–Kier alpha value is -2.03. The van der Waals surface area contributed by atoms with Gasteiger partial charge in [0.1, 0.15) is 21.9 Å². The molecule has 2 heterocycles. The summed E-state index contributed by atoms with van der Waals surface area (Å²) in [4.78, 5) is 14.0. The van der Waals surface area contributed by atoms with Crippen molar-refractivity contribution in [3.8, 4) is 5.75 Å². The maximum absolute atomic E-state index is 11.5. The van der Waals surface area contributed by atoms with E-state index in [9.17, 15) is 9.90 Å². The van der Waals surface area contributed by atoms with Gasteiger partial charge in [-0.1, -0.05) is 0 Å². The summed E-state index contributed by atoms with van der Waals surface area (Å²) in [5, 5.41) is 21.0. The van der Waals surface area contributed by atoms with Crippen LogP contribution in [0.25, 0.3) is 0 Å². The molecule has 1 aliphatic heterocycles. The highest BCUT2D eigenvalue weighted by molar-refractivity contribution is 7.11. The number of nitrogens with zero attached hydrogens (tertiary/aromatic N) is 3. The minimum atomic E-state index is -0.481. The second kappa shape index (κ2) is 8.14. The molecule has 150 valence electrons. The fourth-order valence-electron chi connectivity index (χ4n) is 4.30. The van der Waals surface area contributed by atoms with Gasteiger partial charge in [0, 0.05) is 13.1 Å². The van der Waals surface area contributed by atoms with Gasteiger partial charge < -0.3 is 14.6 Å². The lowest BCUT2D eigenvalue weighted by Crippen LogP contribution is -2.42. The monoisotopic (exact) mass is 403 g/mol. The van der Waals surface area contributed by atoms with Crippen molar-refractivity contribution < 1.29 is 19.4 Å². The number of carbonyl (C=O) groups excluding carboxylic acids is 1. The summed E-state index contributed by atoms with van der Waals surface area (Å²) in [6.45, 7) is 4.79. The van der Waals surface area contributed by atoms with Crippen molar-refractivity contribution in [1.29, 1.82) is 0 Å². The van der Waals surface area contributed by atoms with E-state index < -0.39 is 6.10 Å². The van der Waals surface area contributed by atoms with E-state index in [1.165, 1.54) is 7.11 Å². The number of rotatable bonds is 5. The molecular weight excluding hydrogens is 378 g/mol. The van der Waals surface area contributed by atoms with Crippen molar-refractivity contribution in [1.82, 2.24) is 15.1 Å². The third-order valence-electron chi connectivity index (χ3n) is 5.65. The number of aliphatic hydroxyl groups excluding tert-OH is 1. The molecule has 0 spiro atoms. The number of hydrogen-bond acceptors (Lipinski definition) is 8. The van der Waals surface area contributed by atoms with Gasteiger partial charge >= 0.3 is 5.97 Å². The summed E-state index contributed by atoms with van der Waals surface area (Å²) in [7, 11) is 1.36. The van der Waals surface area contributed by atoms with Crippen LogP contribution in [0.2, 0.25) is 0 Å². The molecule has 0 radical (unpaired) electrons. The molecular formula is C20H25N3O4S. The molecule has 2 aromatic rings. The third-order valence-corrected chi connectivity index (χ3v) is 6.47. The van der Waals surface area contributed by atoms with Crippen LogP contribution in [0.1, 0.15) is 33.2 Å². The molecule has 0 bridgehead atoms. The van der Waals surface area contributed by atoms with Crippen LogP contribution < -0.4 is 4.74 Å². The predicted octanol–water partition coefficient (Wildman–Crippen LogP) is 2.28. The van der Waals surface area contributed by atoms with Gasteiger partial charge in [0.2, 0.25) is 0 Å². The number of carbonyl (C=O) groups is 1. The molecule has 8 heteroatoms. The van der Waals surface area contributed by atoms with E-state index in [-0.39, 0.29) is 12.1 Å². The third kappa shape index (κ3) is 4.19. The van der Waals surface area contributed by atoms with E-state index in [4.69, 9.17) is 9.47 Å². The molecule has 4 rings (SSSR count). The number of hydrogen-bond donors (Lipinski definition) is 1. The standard InChI is InChI=1S/C20H25N3O4S/c1-12-21-22-19(28-12)11-23-9-14-7-17(24)18(8-15(14)10-23)27-16-5-3-13(4-6-16)20(25)26-2/h3-6,14-15,17-18,24H,7-11H2,1-2H3/t14-,15+,17+,18+/m0/s1. The quantitative estimate of drug-likeness (QED) is 0.767. The Balaban J connectivity index is 1.35. The zero-order chi connectivity index (χ0) is 19.7. The van der Waals surface area contributed by atoms with Gasteiger partial charge in [-0.2, -0.15) is 0 Å². The van der Waals surface area contributed by atoms with Crippen LogP contribution in [0.4, 0.5) is 0 Å². The maximum atomic E-state index is 11.5. The van der Waals surface area contributed by atoms with Gasteiger partial charge in [0.05, 0.1) is 25.3 Å². The second-order valence-corrected chi connectivity index (χ2v) is 8.91. The van der Waals surface area contributed by atoms with Crippen LogP contribution >= 0.6 is 11.3 Å². The van der Waals surface area contributed by atoms with Crippen LogP contribution in [0.15, 0.2) is 24.3 Å².